The number of carbonyl (C=O) groups is 2. The summed E-state index contributed by atoms with van der Waals surface area (Å²) in [5.41, 5.74) is 0. The Morgan fingerprint density at radius 2 is 2.12 bits per heavy atom. The highest BCUT2D eigenvalue weighted by Gasteiger charge is 2.15. The normalized spacial score (nSPS) is 19.8. The first kappa shape index (κ1) is 14.0. The minimum atomic E-state index is 0.0604. The molecule has 0 aromatic carbocycles. The Balaban J connectivity index is 2.10. The maximum atomic E-state index is 11.6. The van der Waals surface area contributed by atoms with Crippen molar-refractivity contribution >= 4 is 11.8 Å². The van der Waals surface area contributed by atoms with Crippen molar-refractivity contribution in [3.05, 3.63) is 0 Å². The van der Waals surface area contributed by atoms with E-state index >= 15 is 0 Å². The monoisotopic (exact) mass is 241 g/mol. The van der Waals surface area contributed by atoms with Crippen LogP contribution >= 0.6 is 0 Å². The van der Waals surface area contributed by atoms with Crippen molar-refractivity contribution in [1.29, 1.82) is 0 Å². The van der Waals surface area contributed by atoms with E-state index < -0.39 is 0 Å². The number of hydrogen-bond donors (Lipinski definition) is 2. The first-order chi connectivity index (χ1) is 8.09. The van der Waals surface area contributed by atoms with Crippen LogP contribution in [0.1, 0.15) is 32.1 Å². The third-order valence-electron chi connectivity index (χ3n) is 2.96. The number of rotatable bonds is 5. The van der Waals surface area contributed by atoms with Gasteiger partial charge in [0.05, 0.1) is 0 Å². The first-order valence-electron chi connectivity index (χ1n) is 6.30. The molecule has 0 aliphatic carbocycles. The minimum Gasteiger partial charge on any atom is -0.352 e. The summed E-state index contributed by atoms with van der Waals surface area (Å²) in [5.74, 6) is 0.141. The van der Waals surface area contributed by atoms with Crippen LogP contribution in [0.25, 0.3) is 0 Å². The van der Waals surface area contributed by atoms with Crippen LogP contribution < -0.4 is 10.6 Å². The van der Waals surface area contributed by atoms with E-state index in [4.69, 9.17) is 0 Å². The highest BCUT2D eigenvalue weighted by Crippen LogP contribution is 2.03. The molecule has 1 saturated heterocycles. The molecule has 17 heavy (non-hydrogen) atoms. The maximum absolute atomic E-state index is 11.6. The van der Waals surface area contributed by atoms with Crippen LogP contribution in [0.4, 0.5) is 0 Å². The van der Waals surface area contributed by atoms with Crippen LogP contribution in [-0.4, -0.2) is 49.9 Å². The van der Waals surface area contributed by atoms with Gasteiger partial charge in [-0.3, -0.25) is 9.59 Å². The molecule has 0 spiro atoms. The first-order valence-corrected chi connectivity index (χ1v) is 6.30. The van der Waals surface area contributed by atoms with E-state index in [2.05, 4.69) is 10.6 Å². The average Bonchev–Trinajstić information content (AvgIpc) is 2.30. The van der Waals surface area contributed by atoms with Gasteiger partial charge < -0.3 is 15.5 Å². The molecule has 2 amide bonds. The van der Waals surface area contributed by atoms with Crippen molar-refractivity contribution in [3.8, 4) is 0 Å². The number of nitrogens with one attached hydrogen (secondary N) is 2. The molecule has 98 valence electrons. The molecular weight excluding hydrogens is 218 g/mol. The van der Waals surface area contributed by atoms with E-state index in [0.717, 1.165) is 25.9 Å². The number of amides is 2. The zero-order valence-corrected chi connectivity index (χ0v) is 10.8. The third-order valence-corrected chi connectivity index (χ3v) is 2.96. The van der Waals surface area contributed by atoms with Gasteiger partial charge in [0.25, 0.3) is 0 Å². The third kappa shape index (κ3) is 5.68. The summed E-state index contributed by atoms with van der Waals surface area (Å²) in [7, 11) is 3.46. The van der Waals surface area contributed by atoms with Crippen molar-refractivity contribution in [3.63, 3.8) is 0 Å². The largest absolute Gasteiger partial charge is 0.352 e. The number of nitrogens with zero attached hydrogens (tertiary/aromatic N) is 1. The molecule has 1 rings (SSSR count). The Morgan fingerprint density at radius 1 is 1.35 bits per heavy atom. The van der Waals surface area contributed by atoms with Crippen LogP contribution in [0, 0.1) is 0 Å². The Hall–Kier alpha value is -1.10. The van der Waals surface area contributed by atoms with E-state index in [0.29, 0.717) is 19.3 Å². The Morgan fingerprint density at radius 3 is 2.71 bits per heavy atom. The molecule has 5 heteroatoms. The molecular formula is C12H23N3O2. The lowest BCUT2D eigenvalue weighted by atomic mass is 10.1. The second-order valence-electron chi connectivity index (χ2n) is 4.75. The van der Waals surface area contributed by atoms with Crippen molar-refractivity contribution < 1.29 is 9.59 Å². The SMILES string of the molecule is CN(C)C(=O)CCCC(=O)NC1CCCNC1. The molecule has 1 fully saturated rings. The van der Waals surface area contributed by atoms with Gasteiger partial charge in [-0.2, -0.15) is 0 Å². The van der Waals surface area contributed by atoms with Crippen molar-refractivity contribution in [2.75, 3.05) is 27.2 Å². The van der Waals surface area contributed by atoms with Gasteiger partial charge in [-0.1, -0.05) is 0 Å². The molecule has 0 aromatic rings. The second kappa shape index (κ2) is 7.27. The van der Waals surface area contributed by atoms with Crippen LogP contribution in [-0.2, 0) is 9.59 Å². The fraction of sp³-hybridized carbons (Fsp3) is 0.833. The molecule has 1 unspecified atom stereocenters. The zero-order valence-electron chi connectivity index (χ0n) is 10.8. The summed E-state index contributed by atoms with van der Waals surface area (Å²) < 4.78 is 0. The van der Waals surface area contributed by atoms with Crippen molar-refractivity contribution in [2.24, 2.45) is 0 Å². The van der Waals surface area contributed by atoms with Gasteiger partial charge in [-0.05, 0) is 25.8 Å². The number of hydrogen-bond acceptors (Lipinski definition) is 3. The van der Waals surface area contributed by atoms with Crippen LogP contribution in [0.2, 0.25) is 0 Å². The summed E-state index contributed by atoms with van der Waals surface area (Å²) in [4.78, 5) is 24.5. The van der Waals surface area contributed by atoms with Gasteiger partial charge in [0.15, 0.2) is 0 Å². The summed E-state index contributed by atoms with van der Waals surface area (Å²) >= 11 is 0. The van der Waals surface area contributed by atoms with Gasteiger partial charge in [0.1, 0.15) is 0 Å². The van der Waals surface area contributed by atoms with Crippen molar-refractivity contribution in [1.82, 2.24) is 15.5 Å². The number of piperidine rings is 1. The molecule has 0 bridgehead atoms. The van der Waals surface area contributed by atoms with Gasteiger partial charge in [0.2, 0.25) is 11.8 Å². The molecule has 5 nitrogen and oxygen atoms in total. The van der Waals surface area contributed by atoms with E-state index in [1.165, 1.54) is 0 Å². The standard InChI is InChI=1S/C12H23N3O2/c1-15(2)12(17)7-3-6-11(16)14-10-5-4-8-13-9-10/h10,13H,3-9H2,1-2H3,(H,14,16). The topological polar surface area (TPSA) is 61.4 Å². The molecule has 1 atom stereocenters. The lowest BCUT2D eigenvalue weighted by Gasteiger charge is -2.23. The molecule has 2 N–H and O–H groups in total. The zero-order chi connectivity index (χ0) is 12.7. The van der Waals surface area contributed by atoms with Gasteiger partial charge in [0, 0.05) is 39.5 Å². The van der Waals surface area contributed by atoms with Gasteiger partial charge in [-0.15, -0.1) is 0 Å². The summed E-state index contributed by atoms with van der Waals surface area (Å²) in [6, 6.07) is 0.265. The van der Waals surface area contributed by atoms with E-state index in [9.17, 15) is 9.59 Å². The molecule has 1 aliphatic rings. The average molecular weight is 241 g/mol. The molecule has 1 heterocycles. The highest BCUT2D eigenvalue weighted by molar-refractivity contribution is 5.78. The Bertz CT molecular complexity index is 260. The Kier molecular flexibility index (Phi) is 5.97. The van der Waals surface area contributed by atoms with E-state index in [1.54, 1.807) is 19.0 Å². The molecule has 0 radical (unpaired) electrons. The van der Waals surface area contributed by atoms with Crippen LogP contribution in [0.5, 0.6) is 0 Å². The smallest absolute Gasteiger partial charge is 0.222 e. The molecule has 0 saturated carbocycles. The Labute approximate surface area is 103 Å². The molecule has 0 aromatic heterocycles. The second-order valence-corrected chi connectivity index (χ2v) is 4.75. The van der Waals surface area contributed by atoms with Gasteiger partial charge in [-0.25, -0.2) is 0 Å². The fourth-order valence-electron chi connectivity index (χ4n) is 1.90. The number of carbonyl (C=O) groups excluding carboxylic acids is 2. The predicted molar refractivity (Wildman–Crippen MR) is 66.6 cm³/mol. The van der Waals surface area contributed by atoms with Crippen molar-refractivity contribution in [2.45, 2.75) is 38.1 Å². The minimum absolute atomic E-state index is 0.0604. The highest BCUT2D eigenvalue weighted by atomic mass is 16.2. The summed E-state index contributed by atoms with van der Waals surface area (Å²) in [6.07, 6.45) is 3.68. The summed E-state index contributed by atoms with van der Waals surface area (Å²) in [6.45, 7) is 1.91. The van der Waals surface area contributed by atoms with E-state index in [1.807, 2.05) is 0 Å². The maximum Gasteiger partial charge on any atom is 0.222 e. The fourth-order valence-corrected chi connectivity index (χ4v) is 1.90. The van der Waals surface area contributed by atoms with Crippen LogP contribution in [0.3, 0.4) is 0 Å². The lowest BCUT2D eigenvalue weighted by molar-refractivity contribution is -0.129. The summed E-state index contributed by atoms with van der Waals surface area (Å²) in [5, 5.41) is 6.25. The lowest BCUT2D eigenvalue weighted by Crippen LogP contribution is -2.45. The molecule has 1 aliphatic heterocycles. The van der Waals surface area contributed by atoms with Gasteiger partial charge >= 0.3 is 0 Å². The predicted octanol–water partition coefficient (Wildman–Crippen LogP) is 0.113. The quantitative estimate of drug-likeness (QED) is 0.718. The van der Waals surface area contributed by atoms with E-state index in [-0.39, 0.29) is 17.9 Å². The van der Waals surface area contributed by atoms with Crippen LogP contribution in [0.15, 0.2) is 0 Å².